The monoisotopic (exact) mass is 378 g/mol. The van der Waals surface area contributed by atoms with Gasteiger partial charge in [-0.15, -0.1) is 0 Å². The van der Waals surface area contributed by atoms with E-state index in [9.17, 15) is 9.59 Å². The lowest BCUT2D eigenvalue weighted by molar-refractivity contribution is 0.0396. The third-order valence-electron chi connectivity index (χ3n) is 6.06. The Kier molecular flexibility index (Phi) is 5.22. The summed E-state index contributed by atoms with van der Waals surface area (Å²) in [5.41, 5.74) is 4.36. The second-order valence-electron chi connectivity index (χ2n) is 9.45. The molecular weight excluding hydrogens is 348 g/mol. The highest BCUT2D eigenvalue weighted by atomic mass is 16.6. The van der Waals surface area contributed by atoms with Crippen molar-refractivity contribution in [1.82, 2.24) is 0 Å². The number of carbonyl (C=O) groups excluding carboxylic acids is 2. The third-order valence-corrected chi connectivity index (χ3v) is 6.06. The lowest BCUT2D eigenvalue weighted by atomic mass is 9.62. The molecule has 0 bridgehead atoms. The normalized spacial score (nSPS) is 17.1. The van der Waals surface area contributed by atoms with Gasteiger partial charge in [0, 0.05) is 0 Å². The summed E-state index contributed by atoms with van der Waals surface area (Å²) in [6, 6.07) is 12.8. The molecule has 0 aromatic heterocycles. The minimum atomic E-state index is -0.613. The van der Waals surface area contributed by atoms with Crippen molar-refractivity contribution in [3.8, 4) is 0 Å². The first-order valence-electron chi connectivity index (χ1n) is 10.0. The first-order valence-corrected chi connectivity index (χ1v) is 10.0. The van der Waals surface area contributed by atoms with E-state index in [0.717, 1.165) is 18.4 Å². The highest BCUT2D eigenvalue weighted by molar-refractivity contribution is 6.03. The molecule has 0 radical (unpaired) electrons. The van der Waals surface area contributed by atoms with Gasteiger partial charge in [0.2, 0.25) is 0 Å². The van der Waals surface area contributed by atoms with Gasteiger partial charge in [0.05, 0.1) is 11.1 Å². The lowest BCUT2D eigenvalue weighted by Gasteiger charge is -2.42. The van der Waals surface area contributed by atoms with Gasteiger partial charge in [0.25, 0.3) is 0 Å². The van der Waals surface area contributed by atoms with Crippen molar-refractivity contribution in [3.63, 3.8) is 0 Å². The topological polar surface area (TPSA) is 43.4 Å². The van der Waals surface area contributed by atoms with E-state index in [2.05, 4.69) is 47.6 Å². The number of benzene rings is 2. The Morgan fingerprint density at radius 2 is 1.39 bits per heavy atom. The largest absolute Gasteiger partial charge is 0.386 e. The summed E-state index contributed by atoms with van der Waals surface area (Å²) in [7, 11) is 0. The Bertz CT molecular complexity index is 905. The number of ether oxygens (including phenoxy) is 1. The van der Waals surface area contributed by atoms with Crippen LogP contribution < -0.4 is 0 Å². The maximum atomic E-state index is 13.0. The first kappa shape index (κ1) is 20.3. The molecule has 2 aromatic rings. The van der Waals surface area contributed by atoms with Crippen LogP contribution in [0.4, 0.5) is 0 Å². The molecule has 1 aliphatic carbocycles. The van der Waals surface area contributed by atoms with Crippen LogP contribution in [0.2, 0.25) is 0 Å². The summed E-state index contributed by atoms with van der Waals surface area (Å²) in [6.45, 7) is 13.1. The van der Waals surface area contributed by atoms with Crippen LogP contribution in [0.15, 0.2) is 42.5 Å². The fourth-order valence-electron chi connectivity index (χ4n) is 4.06. The van der Waals surface area contributed by atoms with E-state index in [-0.39, 0.29) is 16.7 Å². The van der Waals surface area contributed by atoms with E-state index in [4.69, 9.17) is 4.74 Å². The van der Waals surface area contributed by atoms with Gasteiger partial charge in [0.1, 0.15) is 0 Å². The third kappa shape index (κ3) is 3.76. The molecule has 0 atom stereocenters. The number of fused-ring (bicyclic) bond motifs is 1. The Morgan fingerprint density at radius 1 is 0.857 bits per heavy atom. The maximum absolute atomic E-state index is 13.0. The number of hydrogen-bond acceptors (Lipinski definition) is 3. The van der Waals surface area contributed by atoms with Crippen LogP contribution in [0, 0.1) is 0 Å². The smallest absolute Gasteiger partial charge is 0.346 e. The van der Waals surface area contributed by atoms with Gasteiger partial charge >= 0.3 is 11.9 Å². The number of hydrogen-bond donors (Lipinski definition) is 0. The molecule has 0 fully saturated rings. The summed E-state index contributed by atoms with van der Waals surface area (Å²) in [5, 5.41) is 0. The Morgan fingerprint density at radius 3 is 1.93 bits per heavy atom. The molecule has 2 aromatic carbocycles. The standard InChI is InChI=1S/C25H30O3/c1-16(2)18-14-20-21(25(5,6)13-12-24(20,3)4)15-19(18)23(27)28-22(26)17-10-8-7-9-11-17/h7-11,14-16H,12-13H2,1-6H3. The second-order valence-corrected chi connectivity index (χ2v) is 9.45. The molecule has 0 unspecified atom stereocenters. The van der Waals surface area contributed by atoms with Gasteiger partial charge < -0.3 is 4.74 Å². The molecule has 0 saturated carbocycles. The molecule has 3 heteroatoms. The van der Waals surface area contributed by atoms with Gasteiger partial charge in [0.15, 0.2) is 0 Å². The summed E-state index contributed by atoms with van der Waals surface area (Å²) in [6.07, 6.45) is 2.17. The highest BCUT2D eigenvalue weighted by Gasteiger charge is 2.38. The van der Waals surface area contributed by atoms with Gasteiger partial charge in [-0.3, -0.25) is 0 Å². The predicted octanol–water partition coefficient (Wildman–Crippen LogP) is 6.16. The lowest BCUT2D eigenvalue weighted by Crippen LogP contribution is -2.34. The molecule has 0 saturated heterocycles. The summed E-state index contributed by atoms with van der Waals surface area (Å²) < 4.78 is 5.25. The first-order chi connectivity index (χ1) is 13.0. The number of esters is 2. The average molecular weight is 379 g/mol. The molecule has 0 aliphatic heterocycles. The molecule has 0 N–H and O–H groups in total. The zero-order valence-electron chi connectivity index (χ0n) is 17.8. The molecular formula is C25H30O3. The van der Waals surface area contributed by atoms with E-state index < -0.39 is 11.9 Å². The summed E-state index contributed by atoms with van der Waals surface area (Å²) in [5.74, 6) is -1.03. The molecule has 3 rings (SSSR count). The fourth-order valence-corrected chi connectivity index (χ4v) is 4.06. The van der Waals surface area contributed by atoms with Crippen LogP contribution >= 0.6 is 0 Å². The van der Waals surface area contributed by atoms with E-state index in [1.54, 1.807) is 24.3 Å². The van der Waals surface area contributed by atoms with Crippen molar-refractivity contribution in [2.75, 3.05) is 0 Å². The maximum Gasteiger partial charge on any atom is 0.346 e. The molecule has 0 amide bonds. The van der Waals surface area contributed by atoms with Crippen molar-refractivity contribution >= 4 is 11.9 Å². The number of rotatable bonds is 3. The van der Waals surface area contributed by atoms with Gasteiger partial charge in [-0.05, 0) is 64.5 Å². The molecule has 0 spiro atoms. The van der Waals surface area contributed by atoms with Crippen molar-refractivity contribution in [3.05, 3.63) is 70.3 Å². The fraction of sp³-hybridized carbons (Fsp3) is 0.440. The van der Waals surface area contributed by atoms with Crippen molar-refractivity contribution in [2.24, 2.45) is 0 Å². The molecule has 1 aliphatic rings. The molecule has 3 nitrogen and oxygen atoms in total. The molecule has 148 valence electrons. The van der Waals surface area contributed by atoms with Gasteiger partial charge in [-0.2, -0.15) is 0 Å². The van der Waals surface area contributed by atoms with Crippen LogP contribution in [-0.2, 0) is 15.6 Å². The Hall–Kier alpha value is -2.42. The van der Waals surface area contributed by atoms with E-state index in [1.165, 1.54) is 11.1 Å². The van der Waals surface area contributed by atoms with E-state index in [1.807, 2.05) is 12.1 Å². The SMILES string of the molecule is CC(C)c1cc2c(cc1C(=O)OC(=O)c1ccccc1)C(C)(C)CCC2(C)C. The highest BCUT2D eigenvalue weighted by Crippen LogP contribution is 2.47. The van der Waals surface area contributed by atoms with Crippen molar-refractivity contribution in [1.29, 1.82) is 0 Å². The summed E-state index contributed by atoms with van der Waals surface area (Å²) >= 11 is 0. The minimum Gasteiger partial charge on any atom is -0.386 e. The zero-order valence-corrected chi connectivity index (χ0v) is 17.8. The molecule has 28 heavy (non-hydrogen) atoms. The van der Waals surface area contributed by atoms with Crippen molar-refractivity contribution < 1.29 is 14.3 Å². The van der Waals surface area contributed by atoms with Crippen LogP contribution in [0.3, 0.4) is 0 Å². The van der Waals surface area contributed by atoms with Crippen LogP contribution in [0.1, 0.15) is 97.7 Å². The van der Waals surface area contributed by atoms with Crippen LogP contribution in [-0.4, -0.2) is 11.9 Å². The number of carbonyl (C=O) groups is 2. The quantitative estimate of drug-likeness (QED) is 0.475. The Labute approximate surface area is 168 Å². The average Bonchev–Trinajstić information content (AvgIpc) is 2.65. The van der Waals surface area contributed by atoms with E-state index >= 15 is 0 Å². The second kappa shape index (κ2) is 7.20. The zero-order chi connectivity index (χ0) is 20.7. The summed E-state index contributed by atoms with van der Waals surface area (Å²) in [4.78, 5) is 25.4. The Balaban J connectivity index is 2.05. The van der Waals surface area contributed by atoms with Gasteiger partial charge in [-0.25, -0.2) is 9.59 Å². The minimum absolute atomic E-state index is 0.0150. The van der Waals surface area contributed by atoms with Crippen molar-refractivity contribution in [2.45, 2.75) is 71.1 Å². The predicted molar refractivity (Wildman–Crippen MR) is 112 cm³/mol. The van der Waals surface area contributed by atoms with Gasteiger partial charge in [-0.1, -0.05) is 65.8 Å². The van der Waals surface area contributed by atoms with Crippen LogP contribution in [0.5, 0.6) is 0 Å². The van der Waals surface area contributed by atoms with Crippen LogP contribution in [0.25, 0.3) is 0 Å². The van der Waals surface area contributed by atoms with E-state index in [0.29, 0.717) is 11.1 Å². The molecule has 0 heterocycles.